The molecule has 0 spiro atoms. The maximum Gasteiger partial charge on any atom is 0.264 e. The maximum absolute atomic E-state index is 13.8. The lowest BCUT2D eigenvalue weighted by Crippen LogP contribution is -2.53. The van der Waals surface area contributed by atoms with Crippen molar-refractivity contribution in [1.82, 2.24) is 10.2 Å². The number of rotatable bonds is 12. The third kappa shape index (κ3) is 7.42. The van der Waals surface area contributed by atoms with Crippen LogP contribution < -0.4 is 9.62 Å². The molecule has 196 valence electrons. The van der Waals surface area contributed by atoms with Gasteiger partial charge in [0.25, 0.3) is 10.0 Å². The molecule has 7 nitrogen and oxygen atoms in total. The van der Waals surface area contributed by atoms with E-state index in [1.165, 1.54) is 17.0 Å². The van der Waals surface area contributed by atoms with Crippen LogP contribution in [0.4, 0.5) is 5.69 Å². The summed E-state index contributed by atoms with van der Waals surface area (Å²) in [6.45, 7) is 3.93. The van der Waals surface area contributed by atoms with Crippen molar-refractivity contribution in [1.29, 1.82) is 0 Å². The average Bonchev–Trinajstić information content (AvgIpc) is 2.91. The molecule has 3 rings (SSSR count). The van der Waals surface area contributed by atoms with E-state index < -0.39 is 28.5 Å². The number of nitrogens with one attached hydrogen (secondary N) is 1. The molecule has 0 radical (unpaired) electrons. The Labute approximate surface area is 227 Å². The van der Waals surface area contributed by atoms with Crippen LogP contribution in [0.15, 0.2) is 94.3 Å². The van der Waals surface area contributed by atoms with E-state index in [0.717, 1.165) is 14.3 Å². The lowest BCUT2D eigenvalue weighted by Gasteiger charge is -2.33. The molecule has 0 heterocycles. The molecule has 3 aromatic rings. The first-order valence-corrected chi connectivity index (χ1v) is 14.5. The van der Waals surface area contributed by atoms with Gasteiger partial charge in [0.1, 0.15) is 12.6 Å². The first kappa shape index (κ1) is 28.4. The predicted octanol–water partition coefficient (Wildman–Crippen LogP) is 4.63. The van der Waals surface area contributed by atoms with E-state index >= 15 is 0 Å². The largest absolute Gasteiger partial charge is 0.355 e. The van der Waals surface area contributed by atoms with Gasteiger partial charge in [0.05, 0.1) is 10.6 Å². The lowest BCUT2D eigenvalue weighted by molar-refractivity contribution is -0.139. The summed E-state index contributed by atoms with van der Waals surface area (Å²) in [6.07, 6.45) is 0.933. The van der Waals surface area contributed by atoms with Crippen molar-refractivity contribution in [3.05, 3.63) is 95.0 Å². The van der Waals surface area contributed by atoms with E-state index in [1.807, 2.05) is 44.2 Å². The topological polar surface area (TPSA) is 86.8 Å². The van der Waals surface area contributed by atoms with Crippen LogP contribution in [0.1, 0.15) is 25.8 Å². The summed E-state index contributed by atoms with van der Waals surface area (Å²) in [7, 11) is -4.06. The van der Waals surface area contributed by atoms with Crippen LogP contribution in [0, 0.1) is 0 Å². The van der Waals surface area contributed by atoms with Crippen molar-refractivity contribution in [2.75, 3.05) is 23.9 Å². The van der Waals surface area contributed by atoms with Crippen LogP contribution in [0.2, 0.25) is 0 Å². The Balaban J connectivity index is 1.98. The quantitative estimate of drug-likeness (QED) is 0.336. The van der Waals surface area contributed by atoms with E-state index in [-0.39, 0.29) is 17.3 Å². The monoisotopic (exact) mass is 585 g/mol. The van der Waals surface area contributed by atoms with E-state index in [2.05, 4.69) is 21.2 Å². The summed E-state index contributed by atoms with van der Waals surface area (Å²) in [5, 5.41) is 2.81. The van der Waals surface area contributed by atoms with E-state index in [0.29, 0.717) is 25.1 Å². The van der Waals surface area contributed by atoms with Gasteiger partial charge in [-0.05, 0) is 61.7 Å². The summed E-state index contributed by atoms with van der Waals surface area (Å²) in [5.74, 6) is -0.705. The average molecular weight is 587 g/mol. The molecule has 3 aromatic carbocycles. The fourth-order valence-electron chi connectivity index (χ4n) is 4.04. The van der Waals surface area contributed by atoms with Crippen LogP contribution in [0.25, 0.3) is 0 Å². The number of nitrogens with zero attached hydrogens (tertiary/aromatic N) is 2. The summed E-state index contributed by atoms with van der Waals surface area (Å²) in [6, 6.07) is 23.7. The molecular formula is C28H32BrN3O4S. The molecule has 0 saturated heterocycles. The second-order valence-electron chi connectivity index (χ2n) is 8.44. The van der Waals surface area contributed by atoms with Crippen LogP contribution in [0.5, 0.6) is 0 Å². The third-order valence-electron chi connectivity index (χ3n) is 5.95. The number of carbonyl (C=O) groups excluding carboxylic acids is 2. The molecule has 2 amide bonds. The number of likely N-dealkylation sites (N-methyl/N-ethyl adjacent to an activating group) is 1. The van der Waals surface area contributed by atoms with Gasteiger partial charge in [0.2, 0.25) is 11.8 Å². The predicted molar refractivity (Wildman–Crippen MR) is 150 cm³/mol. The highest BCUT2D eigenvalue weighted by atomic mass is 79.9. The summed E-state index contributed by atoms with van der Waals surface area (Å²) < 4.78 is 29.3. The second kappa shape index (κ2) is 13.4. The summed E-state index contributed by atoms with van der Waals surface area (Å²) >= 11 is 3.38. The first-order chi connectivity index (χ1) is 17.8. The fourth-order valence-corrected chi connectivity index (χ4v) is 5.74. The molecule has 0 aliphatic rings. The highest BCUT2D eigenvalue weighted by Gasteiger charge is 2.33. The first-order valence-electron chi connectivity index (χ1n) is 12.2. The SMILES string of the molecule is CCNC(=O)[C@@H](CC)N(CCc1ccccc1)C(=O)CN(c1ccc(Br)cc1)S(=O)(=O)c1ccccc1. The molecule has 0 saturated carbocycles. The summed E-state index contributed by atoms with van der Waals surface area (Å²) in [5.41, 5.74) is 1.38. The van der Waals surface area contributed by atoms with Crippen molar-refractivity contribution >= 4 is 43.5 Å². The normalized spacial score (nSPS) is 12.0. The standard InChI is InChI=1S/C28H32BrN3O4S/c1-3-26(28(34)30-4-2)31(20-19-22-11-7-5-8-12-22)27(33)21-32(24-17-15-23(29)16-18-24)37(35,36)25-13-9-6-10-14-25/h5-18,26H,3-4,19-21H2,1-2H3,(H,30,34)/t26-/m1/s1. The number of amides is 2. The van der Waals surface area contributed by atoms with Crippen LogP contribution in [0.3, 0.4) is 0 Å². The van der Waals surface area contributed by atoms with Gasteiger partial charge in [0.15, 0.2) is 0 Å². The zero-order valence-electron chi connectivity index (χ0n) is 21.0. The molecule has 1 N–H and O–H groups in total. The Morgan fingerprint density at radius 2 is 1.49 bits per heavy atom. The zero-order valence-corrected chi connectivity index (χ0v) is 23.4. The highest BCUT2D eigenvalue weighted by molar-refractivity contribution is 9.10. The Morgan fingerprint density at radius 1 is 0.892 bits per heavy atom. The number of benzene rings is 3. The number of anilines is 1. The zero-order chi connectivity index (χ0) is 26.8. The van der Waals surface area contributed by atoms with Gasteiger partial charge in [-0.2, -0.15) is 0 Å². The molecule has 1 atom stereocenters. The van der Waals surface area contributed by atoms with Gasteiger partial charge in [-0.1, -0.05) is 71.4 Å². The second-order valence-corrected chi connectivity index (χ2v) is 11.2. The molecule has 0 aromatic heterocycles. The van der Waals surface area contributed by atoms with Gasteiger partial charge in [-0.3, -0.25) is 13.9 Å². The molecule has 0 fully saturated rings. The molecule has 37 heavy (non-hydrogen) atoms. The van der Waals surface area contributed by atoms with Crippen molar-refractivity contribution in [3.63, 3.8) is 0 Å². The number of carbonyl (C=O) groups is 2. The Morgan fingerprint density at radius 3 is 2.05 bits per heavy atom. The van der Waals surface area contributed by atoms with Gasteiger partial charge < -0.3 is 10.2 Å². The van der Waals surface area contributed by atoms with E-state index in [4.69, 9.17) is 0 Å². The minimum atomic E-state index is -4.06. The Hall–Kier alpha value is -3.17. The Bertz CT molecular complexity index is 1270. The van der Waals surface area contributed by atoms with E-state index in [1.54, 1.807) is 42.5 Å². The molecule has 0 aliphatic heterocycles. The van der Waals surface area contributed by atoms with Crippen LogP contribution >= 0.6 is 15.9 Å². The molecule has 0 unspecified atom stereocenters. The molecular weight excluding hydrogens is 554 g/mol. The maximum atomic E-state index is 13.8. The number of hydrogen-bond donors (Lipinski definition) is 1. The molecule has 0 bridgehead atoms. The fraction of sp³-hybridized carbons (Fsp3) is 0.286. The van der Waals surface area contributed by atoms with Gasteiger partial charge in [-0.15, -0.1) is 0 Å². The highest BCUT2D eigenvalue weighted by Crippen LogP contribution is 2.26. The van der Waals surface area contributed by atoms with Crippen molar-refractivity contribution in [2.24, 2.45) is 0 Å². The smallest absolute Gasteiger partial charge is 0.264 e. The minimum absolute atomic E-state index is 0.0809. The van der Waals surface area contributed by atoms with Crippen molar-refractivity contribution in [2.45, 2.75) is 37.6 Å². The number of halogens is 1. The van der Waals surface area contributed by atoms with Crippen LogP contribution in [-0.2, 0) is 26.0 Å². The van der Waals surface area contributed by atoms with Gasteiger partial charge in [0, 0.05) is 17.6 Å². The molecule has 9 heteroatoms. The van der Waals surface area contributed by atoms with Gasteiger partial charge in [-0.25, -0.2) is 8.42 Å². The third-order valence-corrected chi connectivity index (χ3v) is 8.26. The summed E-state index contributed by atoms with van der Waals surface area (Å²) in [4.78, 5) is 28.3. The van der Waals surface area contributed by atoms with Gasteiger partial charge >= 0.3 is 0 Å². The van der Waals surface area contributed by atoms with Crippen molar-refractivity contribution in [3.8, 4) is 0 Å². The van der Waals surface area contributed by atoms with E-state index in [9.17, 15) is 18.0 Å². The van der Waals surface area contributed by atoms with Crippen LogP contribution in [-0.4, -0.2) is 50.8 Å². The number of hydrogen-bond acceptors (Lipinski definition) is 4. The Kier molecular flexibility index (Phi) is 10.3. The lowest BCUT2D eigenvalue weighted by atomic mass is 10.1. The molecule has 0 aliphatic carbocycles. The number of sulfonamides is 1. The minimum Gasteiger partial charge on any atom is -0.355 e. The van der Waals surface area contributed by atoms with Crippen molar-refractivity contribution < 1.29 is 18.0 Å².